The first-order valence-electron chi connectivity index (χ1n) is 10.5. The number of carbonyl (C=O) groups excluding carboxylic acids is 1. The molecule has 1 fully saturated rings. The smallest absolute Gasteiger partial charge is 0.410 e. The highest BCUT2D eigenvalue weighted by Crippen LogP contribution is 2.44. The zero-order valence-corrected chi connectivity index (χ0v) is 17.3. The molecule has 0 aromatic heterocycles. The van der Waals surface area contributed by atoms with Gasteiger partial charge < -0.3 is 14.6 Å². The standard InChI is InChI=1S/C24H27NO5/c1-15(2)25(22(23(26)27)21-12-7-13-29-21)24(28)30-14-20-18-10-5-3-8-16(18)17-9-4-6-11-19(17)20/h3-6,8-11,15,20-22H,7,12-14H2,1-2H3,(H,26,27). The molecule has 1 amide bonds. The number of amides is 1. The maximum atomic E-state index is 13.1. The third-order valence-electron chi connectivity index (χ3n) is 5.97. The third kappa shape index (κ3) is 3.67. The Morgan fingerprint density at radius 1 is 1.10 bits per heavy atom. The lowest BCUT2D eigenvalue weighted by Crippen LogP contribution is -2.54. The maximum Gasteiger partial charge on any atom is 0.410 e. The van der Waals surface area contributed by atoms with E-state index in [0.29, 0.717) is 13.0 Å². The third-order valence-corrected chi connectivity index (χ3v) is 5.97. The Morgan fingerprint density at radius 3 is 2.20 bits per heavy atom. The van der Waals surface area contributed by atoms with Gasteiger partial charge in [-0.25, -0.2) is 9.59 Å². The number of carboxylic acid groups (broad SMARTS) is 1. The molecule has 6 heteroatoms. The molecule has 0 spiro atoms. The van der Waals surface area contributed by atoms with Crippen molar-refractivity contribution in [1.82, 2.24) is 4.90 Å². The predicted molar refractivity (Wildman–Crippen MR) is 112 cm³/mol. The summed E-state index contributed by atoms with van der Waals surface area (Å²) in [5.41, 5.74) is 4.54. The molecule has 1 aliphatic carbocycles. The van der Waals surface area contributed by atoms with Crippen LogP contribution in [0.4, 0.5) is 4.79 Å². The quantitative estimate of drug-likeness (QED) is 0.771. The first kappa shape index (κ1) is 20.4. The highest BCUT2D eigenvalue weighted by molar-refractivity contribution is 5.82. The van der Waals surface area contributed by atoms with Gasteiger partial charge in [0.1, 0.15) is 6.61 Å². The van der Waals surface area contributed by atoms with E-state index < -0.39 is 24.2 Å². The Hall–Kier alpha value is -2.86. The highest BCUT2D eigenvalue weighted by Gasteiger charge is 2.41. The average Bonchev–Trinajstić information content (AvgIpc) is 3.36. The van der Waals surface area contributed by atoms with Crippen molar-refractivity contribution in [3.63, 3.8) is 0 Å². The minimum Gasteiger partial charge on any atom is -0.480 e. The lowest BCUT2D eigenvalue weighted by molar-refractivity contribution is -0.148. The summed E-state index contributed by atoms with van der Waals surface area (Å²) < 4.78 is 11.3. The Balaban J connectivity index is 1.55. The fraction of sp³-hybridized carbons (Fsp3) is 0.417. The molecule has 1 heterocycles. The second-order valence-electron chi connectivity index (χ2n) is 8.14. The zero-order valence-electron chi connectivity index (χ0n) is 17.3. The summed E-state index contributed by atoms with van der Waals surface area (Å²) in [7, 11) is 0. The van der Waals surface area contributed by atoms with Gasteiger partial charge in [0, 0.05) is 18.6 Å². The summed E-state index contributed by atoms with van der Waals surface area (Å²) in [6.07, 6.45) is 0.294. The average molecular weight is 409 g/mol. The second kappa shape index (κ2) is 8.48. The second-order valence-corrected chi connectivity index (χ2v) is 8.14. The molecule has 2 aliphatic rings. The monoisotopic (exact) mass is 409 g/mol. The van der Waals surface area contributed by atoms with E-state index in [9.17, 15) is 14.7 Å². The fourth-order valence-electron chi connectivity index (χ4n) is 4.62. The van der Waals surface area contributed by atoms with E-state index in [4.69, 9.17) is 9.47 Å². The lowest BCUT2D eigenvalue weighted by atomic mass is 9.98. The summed E-state index contributed by atoms with van der Waals surface area (Å²) in [4.78, 5) is 26.4. The normalized spacial score (nSPS) is 18.7. The Kier molecular flexibility index (Phi) is 5.77. The largest absolute Gasteiger partial charge is 0.480 e. The molecular weight excluding hydrogens is 382 g/mol. The number of fused-ring (bicyclic) bond motifs is 3. The molecule has 6 nitrogen and oxygen atoms in total. The van der Waals surface area contributed by atoms with Gasteiger partial charge in [0.15, 0.2) is 6.04 Å². The zero-order chi connectivity index (χ0) is 21.3. The van der Waals surface area contributed by atoms with Crippen LogP contribution in [0.2, 0.25) is 0 Å². The molecule has 2 atom stereocenters. The molecule has 0 radical (unpaired) electrons. The number of rotatable bonds is 6. The maximum absolute atomic E-state index is 13.1. The molecule has 1 aliphatic heterocycles. The molecule has 2 aromatic rings. The van der Waals surface area contributed by atoms with E-state index in [1.54, 1.807) is 13.8 Å². The highest BCUT2D eigenvalue weighted by atomic mass is 16.6. The first-order valence-corrected chi connectivity index (χ1v) is 10.5. The molecule has 0 saturated carbocycles. The van der Waals surface area contributed by atoms with Crippen LogP contribution in [-0.2, 0) is 14.3 Å². The van der Waals surface area contributed by atoms with Crippen molar-refractivity contribution in [3.05, 3.63) is 59.7 Å². The van der Waals surface area contributed by atoms with Crippen LogP contribution in [0.1, 0.15) is 43.7 Å². The van der Waals surface area contributed by atoms with Crippen molar-refractivity contribution in [2.45, 2.75) is 50.8 Å². The summed E-state index contributed by atoms with van der Waals surface area (Å²) in [6, 6.07) is 14.9. The predicted octanol–water partition coefficient (Wildman–Crippen LogP) is 4.28. The van der Waals surface area contributed by atoms with Crippen molar-refractivity contribution in [2.24, 2.45) is 0 Å². The van der Waals surface area contributed by atoms with E-state index in [0.717, 1.165) is 28.7 Å². The number of carbonyl (C=O) groups is 2. The minimum atomic E-state index is -1.07. The van der Waals surface area contributed by atoms with Crippen molar-refractivity contribution < 1.29 is 24.2 Å². The lowest BCUT2D eigenvalue weighted by Gasteiger charge is -2.34. The summed E-state index contributed by atoms with van der Waals surface area (Å²) in [6.45, 7) is 4.28. The van der Waals surface area contributed by atoms with E-state index in [1.807, 2.05) is 24.3 Å². The van der Waals surface area contributed by atoms with Gasteiger partial charge in [-0.3, -0.25) is 4.90 Å². The summed E-state index contributed by atoms with van der Waals surface area (Å²) in [5.74, 6) is -1.13. The van der Waals surface area contributed by atoms with Gasteiger partial charge in [-0.05, 0) is 48.9 Å². The van der Waals surface area contributed by atoms with Crippen LogP contribution in [-0.4, -0.2) is 53.5 Å². The van der Waals surface area contributed by atoms with E-state index in [1.165, 1.54) is 4.90 Å². The van der Waals surface area contributed by atoms with Gasteiger partial charge in [0.2, 0.25) is 0 Å². The van der Waals surface area contributed by atoms with Gasteiger partial charge in [-0.2, -0.15) is 0 Å². The van der Waals surface area contributed by atoms with Gasteiger partial charge >= 0.3 is 12.1 Å². The number of hydrogen-bond donors (Lipinski definition) is 1. The van der Waals surface area contributed by atoms with Crippen LogP contribution in [0.15, 0.2) is 48.5 Å². The number of hydrogen-bond acceptors (Lipinski definition) is 4. The summed E-state index contributed by atoms with van der Waals surface area (Å²) >= 11 is 0. The van der Waals surface area contributed by atoms with E-state index in [2.05, 4.69) is 24.3 Å². The van der Waals surface area contributed by atoms with Crippen LogP contribution < -0.4 is 0 Å². The summed E-state index contributed by atoms with van der Waals surface area (Å²) in [5, 5.41) is 9.81. The molecule has 2 aromatic carbocycles. The SMILES string of the molecule is CC(C)N(C(=O)OCC1c2ccccc2-c2ccccc21)C(C(=O)O)C1CCCO1. The number of carboxylic acids is 1. The number of ether oxygens (including phenoxy) is 2. The van der Waals surface area contributed by atoms with Gasteiger partial charge in [0.05, 0.1) is 6.10 Å². The van der Waals surface area contributed by atoms with Gasteiger partial charge in [-0.1, -0.05) is 48.5 Å². The molecule has 2 unspecified atom stereocenters. The van der Waals surface area contributed by atoms with Crippen molar-refractivity contribution >= 4 is 12.1 Å². The van der Waals surface area contributed by atoms with Gasteiger partial charge in [0.25, 0.3) is 0 Å². The minimum absolute atomic E-state index is 0.0682. The van der Waals surface area contributed by atoms with Crippen molar-refractivity contribution in [1.29, 1.82) is 0 Å². The van der Waals surface area contributed by atoms with Gasteiger partial charge in [-0.15, -0.1) is 0 Å². The molecule has 4 rings (SSSR count). The Bertz CT molecular complexity index is 889. The Labute approximate surface area is 176 Å². The molecular formula is C24H27NO5. The first-order chi connectivity index (χ1) is 14.5. The molecule has 1 N–H and O–H groups in total. The van der Waals surface area contributed by atoms with Crippen LogP contribution >= 0.6 is 0 Å². The fourth-order valence-corrected chi connectivity index (χ4v) is 4.62. The molecule has 0 bridgehead atoms. The van der Waals surface area contributed by atoms with E-state index >= 15 is 0 Å². The van der Waals surface area contributed by atoms with Crippen LogP contribution in [0.3, 0.4) is 0 Å². The van der Waals surface area contributed by atoms with E-state index in [-0.39, 0.29) is 18.6 Å². The molecule has 30 heavy (non-hydrogen) atoms. The number of nitrogens with zero attached hydrogens (tertiary/aromatic N) is 1. The number of benzene rings is 2. The van der Waals surface area contributed by atoms with Crippen LogP contribution in [0, 0.1) is 0 Å². The van der Waals surface area contributed by atoms with Crippen molar-refractivity contribution in [2.75, 3.05) is 13.2 Å². The van der Waals surface area contributed by atoms with Crippen LogP contribution in [0.5, 0.6) is 0 Å². The van der Waals surface area contributed by atoms with Crippen molar-refractivity contribution in [3.8, 4) is 11.1 Å². The molecule has 1 saturated heterocycles. The van der Waals surface area contributed by atoms with Crippen LogP contribution in [0.25, 0.3) is 11.1 Å². The number of aliphatic carboxylic acids is 1. The molecule has 158 valence electrons. The Morgan fingerprint density at radius 2 is 1.70 bits per heavy atom. The topological polar surface area (TPSA) is 76.1 Å².